The third-order valence-electron chi connectivity index (χ3n) is 2.66. The summed E-state index contributed by atoms with van der Waals surface area (Å²) >= 11 is 11.0. The number of rotatable bonds is 5. The van der Waals surface area contributed by atoms with Crippen LogP contribution >= 0.6 is 23.2 Å². The van der Waals surface area contributed by atoms with Crippen LogP contribution in [0, 0.1) is 0 Å². The first-order valence-electron chi connectivity index (χ1n) is 6.01. The zero-order valence-corrected chi connectivity index (χ0v) is 11.9. The third-order valence-corrected chi connectivity index (χ3v) is 2.97. The Labute approximate surface area is 123 Å². The van der Waals surface area contributed by atoms with E-state index in [0.29, 0.717) is 6.61 Å². The molecule has 0 N–H and O–H groups in total. The van der Waals surface area contributed by atoms with E-state index in [1.807, 2.05) is 18.2 Å². The highest BCUT2D eigenvalue weighted by atomic mass is 35.5. The molecule has 0 heterocycles. The molecule has 0 amide bonds. The van der Waals surface area contributed by atoms with Crippen molar-refractivity contribution in [2.24, 2.45) is 0 Å². The molecule has 0 bridgehead atoms. The SMILES string of the molecule is ClC(Cl)=CCOc1ccc(Cc2ccccc2)cc1. The minimum absolute atomic E-state index is 0.223. The monoisotopic (exact) mass is 292 g/mol. The molecule has 0 saturated carbocycles. The van der Waals surface area contributed by atoms with Gasteiger partial charge in [-0.3, -0.25) is 0 Å². The molecule has 0 unspecified atom stereocenters. The Morgan fingerprint density at radius 2 is 1.53 bits per heavy atom. The van der Waals surface area contributed by atoms with Crippen molar-refractivity contribution in [1.29, 1.82) is 0 Å². The number of hydrogen-bond donors (Lipinski definition) is 0. The summed E-state index contributed by atoms with van der Waals surface area (Å²) < 4.78 is 5.70. The van der Waals surface area contributed by atoms with Gasteiger partial charge in [-0.1, -0.05) is 65.7 Å². The van der Waals surface area contributed by atoms with Gasteiger partial charge in [-0.2, -0.15) is 0 Å². The predicted molar refractivity (Wildman–Crippen MR) is 81.0 cm³/mol. The van der Waals surface area contributed by atoms with E-state index in [1.54, 1.807) is 6.08 Å². The Kier molecular flexibility index (Phi) is 5.31. The van der Waals surface area contributed by atoms with Gasteiger partial charge in [-0.25, -0.2) is 0 Å². The van der Waals surface area contributed by atoms with Crippen molar-refractivity contribution in [3.05, 3.63) is 76.3 Å². The molecular weight excluding hydrogens is 279 g/mol. The molecule has 3 heteroatoms. The first-order valence-corrected chi connectivity index (χ1v) is 6.76. The van der Waals surface area contributed by atoms with Crippen molar-refractivity contribution in [1.82, 2.24) is 0 Å². The number of halogens is 2. The highest BCUT2D eigenvalue weighted by molar-refractivity contribution is 6.55. The fraction of sp³-hybridized carbons (Fsp3) is 0.125. The molecule has 19 heavy (non-hydrogen) atoms. The fourth-order valence-corrected chi connectivity index (χ4v) is 1.86. The fourth-order valence-electron chi connectivity index (χ4n) is 1.74. The van der Waals surface area contributed by atoms with Gasteiger partial charge in [0.25, 0.3) is 0 Å². The number of benzene rings is 2. The van der Waals surface area contributed by atoms with Crippen molar-refractivity contribution >= 4 is 23.2 Å². The van der Waals surface area contributed by atoms with Crippen LogP contribution in [0.1, 0.15) is 11.1 Å². The average molecular weight is 293 g/mol. The summed E-state index contributed by atoms with van der Waals surface area (Å²) in [6, 6.07) is 18.4. The van der Waals surface area contributed by atoms with E-state index in [-0.39, 0.29) is 4.49 Å². The van der Waals surface area contributed by atoms with E-state index in [4.69, 9.17) is 27.9 Å². The van der Waals surface area contributed by atoms with Crippen molar-refractivity contribution in [2.75, 3.05) is 6.61 Å². The molecule has 2 aromatic rings. The van der Waals surface area contributed by atoms with Crippen LogP contribution < -0.4 is 4.74 Å². The normalized spacial score (nSPS) is 10.0. The van der Waals surface area contributed by atoms with Gasteiger partial charge < -0.3 is 4.74 Å². The van der Waals surface area contributed by atoms with Crippen molar-refractivity contribution in [3.63, 3.8) is 0 Å². The number of ether oxygens (including phenoxy) is 1. The van der Waals surface area contributed by atoms with Gasteiger partial charge in [0, 0.05) is 0 Å². The van der Waals surface area contributed by atoms with Crippen LogP contribution in [0.2, 0.25) is 0 Å². The molecule has 0 aromatic heterocycles. The second-order valence-corrected chi connectivity index (χ2v) is 5.12. The lowest BCUT2D eigenvalue weighted by atomic mass is 10.1. The van der Waals surface area contributed by atoms with E-state index >= 15 is 0 Å². The van der Waals surface area contributed by atoms with Crippen LogP contribution in [-0.2, 0) is 6.42 Å². The van der Waals surface area contributed by atoms with Gasteiger partial charge in [-0.05, 0) is 35.8 Å². The van der Waals surface area contributed by atoms with E-state index in [0.717, 1.165) is 12.2 Å². The molecule has 0 aliphatic carbocycles. The summed E-state index contributed by atoms with van der Waals surface area (Å²) in [6.45, 7) is 0.375. The van der Waals surface area contributed by atoms with Gasteiger partial charge >= 0.3 is 0 Å². The lowest BCUT2D eigenvalue weighted by Gasteiger charge is -2.05. The summed E-state index contributed by atoms with van der Waals surface area (Å²) in [6.07, 6.45) is 2.54. The summed E-state index contributed by atoms with van der Waals surface area (Å²) in [5.74, 6) is 0.808. The lowest BCUT2D eigenvalue weighted by Crippen LogP contribution is -1.94. The predicted octanol–water partition coefficient (Wildman–Crippen LogP) is 4.98. The van der Waals surface area contributed by atoms with Crippen LogP contribution in [0.5, 0.6) is 5.75 Å². The Morgan fingerprint density at radius 3 is 2.16 bits per heavy atom. The molecule has 0 radical (unpaired) electrons. The molecule has 0 spiro atoms. The molecule has 98 valence electrons. The van der Waals surface area contributed by atoms with Gasteiger partial charge in [0.15, 0.2) is 0 Å². The highest BCUT2D eigenvalue weighted by Gasteiger charge is 1.97. The minimum Gasteiger partial charge on any atom is -0.489 e. The summed E-state index contributed by atoms with van der Waals surface area (Å²) in [7, 11) is 0. The molecule has 2 rings (SSSR count). The van der Waals surface area contributed by atoms with Gasteiger partial charge in [0.05, 0.1) is 0 Å². The minimum atomic E-state index is 0.223. The first kappa shape index (κ1) is 14.0. The maximum atomic E-state index is 5.51. The third kappa shape index (κ3) is 4.98. The van der Waals surface area contributed by atoms with Crippen molar-refractivity contribution in [3.8, 4) is 5.75 Å². The topological polar surface area (TPSA) is 9.23 Å². The highest BCUT2D eigenvalue weighted by Crippen LogP contribution is 2.16. The summed E-state index contributed by atoms with van der Waals surface area (Å²) in [4.78, 5) is 0. The van der Waals surface area contributed by atoms with Crippen molar-refractivity contribution < 1.29 is 4.74 Å². The van der Waals surface area contributed by atoms with Crippen LogP contribution in [0.3, 0.4) is 0 Å². The van der Waals surface area contributed by atoms with E-state index in [9.17, 15) is 0 Å². The molecule has 0 fully saturated rings. The second-order valence-electron chi connectivity index (χ2n) is 4.11. The summed E-state index contributed by atoms with van der Waals surface area (Å²) in [5.41, 5.74) is 2.55. The Balaban J connectivity index is 1.93. The van der Waals surface area contributed by atoms with Crippen LogP contribution in [0.15, 0.2) is 65.2 Å². The molecule has 1 nitrogen and oxygen atoms in total. The van der Waals surface area contributed by atoms with Gasteiger partial charge in [0.1, 0.15) is 16.8 Å². The maximum absolute atomic E-state index is 5.51. The smallest absolute Gasteiger partial charge is 0.119 e. The maximum Gasteiger partial charge on any atom is 0.119 e. The second kappa shape index (κ2) is 7.22. The zero-order valence-electron chi connectivity index (χ0n) is 10.4. The molecule has 0 aliphatic heterocycles. The molecule has 2 aromatic carbocycles. The van der Waals surface area contributed by atoms with E-state index in [1.165, 1.54) is 11.1 Å². The summed E-state index contributed by atoms with van der Waals surface area (Å²) in [5, 5.41) is 0. The Hall–Kier alpha value is -1.44. The molecule has 0 saturated heterocycles. The van der Waals surface area contributed by atoms with Crippen molar-refractivity contribution in [2.45, 2.75) is 6.42 Å². The van der Waals surface area contributed by atoms with Crippen LogP contribution in [-0.4, -0.2) is 6.61 Å². The van der Waals surface area contributed by atoms with Crippen LogP contribution in [0.25, 0.3) is 0 Å². The lowest BCUT2D eigenvalue weighted by molar-refractivity contribution is 0.363. The standard InChI is InChI=1S/C16H14Cl2O/c17-16(18)10-11-19-15-8-6-14(7-9-15)12-13-4-2-1-3-5-13/h1-10H,11-12H2. The number of hydrogen-bond acceptors (Lipinski definition) is 1. The first-order chi connectivity index (χ1) is 9.24. The Bertz CT molecular complexity index is 528. The Morgan fingerprint density at radius 1 is 0.895 bits per heavy atom. The van der Waals surface area contributed by atoms with Gasteiger partial charge in [0.2, 0.25) is 0 Å². The zero-order chi connectivity index (χ0) is 13.5. The van der Waals surface area contributed by atoms with E-state index in [2.05, 4.69) is 36.4 Å². The quantitative estimate of drug-likeness (QED) is 0.755. The van der Waals surface area contributed by atoms with Crippen LogP contribution in [0.4, 0.5) is 0 Å². The molecule has 0 atom stereocenters. The average Bonchev–Trinajstić information content (AvgIpc) is 2.42. The van der Waals surface area contributed by atoms with E-state index < -0.39 is 0 Å². The molecular formula is C16H14Cl2O. The van der Waals surface area contributed by atoms with Gasteiger partial charge in [-0.15, -0.1) is 0 Å². The molecule has 0 aliphatic rings. The largest absolute Gasteiger partial charge is 0.489 e.